The number of amides is 1. The number of carbonyl (C=O) groups excluding carboxylic acids is 2. The number of aromatic hydroxyl groups is 1. The van der Waals surface area contributed by atoms with E-state index in [9.17, 15) is 19.8 Å². The second-order valence-corrected chi connectivity index (χ2v) is 7.02. The van der Waals surface area contributed by atoms with Crippen LogP contribution in [-0.2, 0) is 9.59 Å². The minimum absolute atomic E-state index is 0.0110. The summed E-state index contributed by atoms with van der Waals surface area (Å²) in [6, 6.07) is 17.8. The average Bonchev–Trinajstić information content (AvgIpc) is 3.30. The molecule has 27 heavy (non-hydrogen) atoms. The first-order valence-corrected chi connectivity index (χ1v) is 9.15. The van der Waals surface area contributed by atoms with Crippen molar-refractivity contribution in [2.45, 2.75) is 6.04 Å². The van der Waals surface area contributed by atoms with Gasteiger partial charge < -0.3 is 10.2 Å². The number of anilines is 1. The number of rotatable bonds is 3. The minimum atomic E-state index is -0.807. The molecule has 5 nitrogen and oxygen atoms in total. The number of aliphatic hydroxyl groups is 1. The van der Waals surface area contributed by atoms with Gasteiger partial charge in [-0.1, -0.05) is 48.5 Å². The Morgan fingerprint density at radius 1 is 0.926 bits per heavy atom. The fourth-order valence-electron chi connectivity index (χ4n) is 3.22. The van der Waals surface area contributed by atoms with E-state index in [-0.39, 0.29) is 22.8 Å². The Hall–Kier alpha value is -3.38. The van der Waals surface area contributed by atoms with E-state index in [1.54, 1.807) is 54.6 Å². The zero-order valence-corrected chi connectivity index (χ0v) is 14.9. The molecule has 0 aliphatic carbocycles. The van der Waals surface area contributed by atoms with Crippen molar-refractivity contribution in [1.82, 2.24) is 0 Å². The van der Waals surface area contributed by atoms with Crippen LogP contribution in [0.3, 0.4) is 0 Å². The van der Waals surface area contributed by atoms with Gasteiger partial charge in [0.25, 0.3) is 11.7 Å². The van der Waals surface area contributed by atoms with Crippen molar-refractivity contribution in [3.63, 3.8) is 0 Å². The molecule has 1 aromatic heterocycles. The number of thiophene rings is 1. The Morgan fingerprint density at radius 3 is 2.30 bits per heavy atom. The first-order valence-electron chi connectivity index (χ1n) is 8.27. The van der Waals surface area contributed by atoms with Gasteiger partial charge in [-0.2, -0.15) is 0 Å². The van der Waals surface area contributed by atoms with E-state index >= 15 is 0 Å². The van der Waals surface area contributed by atoms with Gasteiger partial charge in [0.1, 0.15) is 17.6 Å². The van der Waals surface area contributed by atoms with Crippen LogP contribution in [0, 0.1) is 0 Å². The number of benzene rings is 2. The number of para-hydroxylation sites is 2. The van der Waals surface area contributed by atoms with Crippen LogP contribution in [0.1, 0.15) is 16.5 Å². The van der Waals surface area contributed by atoms with E-state index in [2.05, 4.69) is 0 Å². The number of phenolic OH excluding ortho intramolecular Hbond substituents is 1. The summed E-state index contributed by atoms with van der Waals surface area (Å²) in [6.45, 7) is 0. The number of carbonyl (C=O) groups is 2. The lowest BCUT2D eigenvalue weighted by molar-refractivity contribution is -0.132. The monoisotopic (exact) mass is 377 g/mol. The highest BCUT2D eigenvalue weighted by atomic mass is 32.1. The topological polar surface area (TPSA) is 77.8 Å². The fraction of sp³-hybridized carbons (Fsp3) is 0.0476. The second kappa shape index (κ2) is 6.74. The smallest absolute Gasteiger partial charge is 0.300 e. The molecule has 0 saturated carbocycles. The second-order valence-electron chi connectivity index (χ2n) is 6.04. The van der Waals surface area contributed by atoms with E-state index in [1.807, 2.05) is 11.4 Å². The molecule has 1 amide bonds. The van der Waals surface area contributed by atoms with E-state index in [4.69, 9.17) is 0 Å². The summed E-state index contributed by atoms with van der Waals surface area (Å²) in [6.07, 6.45) is 0. The quantitative estimate of drug-likeness (QED) is 0.410. The molecule has 1 aliphatic heterocycles. The molecule has 2 aromatic carbocycles. The fourth-order valence-corrected chi connectivity index (χ4v) is 4.04. The van der Waals surface area contributed by atoms with E-state index in [0.717, 1.165) is 4.88 Å². The lowest BCUT2D eigenvalue weighted by Crippen LogP contribution is -2.29. The van der Waals surface area contributed by atoms with Gasteiger partial charge in [0, 0.05) is 10.4 Å². The molecule has 0 radical (unpaired) electrons. The van der Waals surface area contributed by atoms with Gasteiger partial charge in [0.2, 0.25) is 0 Å². The molecule has 4 rings (SSSR count). The minimum Gasteiger partial charge on any atom is -0.507 e. The Kier molecular flexibility index (Phi) is 4.25. The maximum atomic E-state index is 12.8. The van der Waals surface area contributed by atoms with Gasteiger partial charge in [-0.05, 0) is 23.6 Å². The highest BCUT2D eigenvalue weighted by Gasteiger charge is 2.48. The van der Waals surface area contributed by atoms with Crippen molar-refractivity contribution in [1.29, 1.82) is 0 Å². The molecule has 1 unspecified atom stereocenters. The molecular formula is C21H15NO4S. The molecule has 1 fully saturated rings. The highest BCUT2D eigenvalue weighted by molar-refractivity contribution is 7.10. The zero-order chi connectivity index (χ0) is 19.0. The third-order valence-corrected chi connectivity index (χ3v) is 5.37. The predicted molar refractivity (Wildman–Crippen MR) is 104 cm³/mol. The molecule has 0 bridgehead atoms. The Balaban J connectivity index is 1.96. The van der Waals surface area contributed by atoms with Crippen molar-refractivity contribution in [2.24, 2.45) is 0 Å². The number of hydrogen-bond acceptors (Lipinski definition) is 5. The summed E-state index contributed by atoms with van der Waals surface area (Å²) in [4.78, 5) is 27.6. The number of Topliss-reactive ketones (excluding diaryl/α,β-unsaturated/α-hetero) is 1. The third-order valence-electron chi connectivity index (χ3n) is 4.45. The zero-order valence-electron chi connectivity index (χ0n) is 14.1. The number of phenols is 1. The molecule has 3 aromatic rings. The third kappa shape index (κ3) is 2.80. The van der Waals surface area contributed by atoms with Crippen LogP contribution < -0.4 is 4.90 Å². The van der Waals surface area contributed by atoms with Crippen LogP contribution in [-0.4, -0.2) is 21.9 Å². The molecule has 2 N–H and O–H groups in total. The van der Waals surface area contributed by atoms with Gasteiger partial charge >= 0.3 is 0 Å². The van der Waals surface area contributed by atoms with Crippen LogP contribution in [0.4, 0.5) is 5.69 Å². The normalized spacial score (nSPS) is 18.8. The first-order chi connectivity index (χ1) is 13.1. The number of hydrogen-bond donors (Lipinski definition) is 2. The summed E-state index contributed by atoms with van der Waals surface area (Å²) in [5.41, 5.74) is 0.691. The molecule has 2 heterocycles. The molecule has 1 atom stereocenters. The predicted octanol–water partition coefficient (Wildman–Crippen LogP) is 4.08. The largest absolute Gasteiger partial charge is 0.507 e. The van der Waals surface area contributed by atoms with E-state index in [0.29, 0.717) is 5.56 Å². The van der Waals surface area contributed by atoms with Crippen LogP contribution >= 0.6 is 11.3 Å². The van der Waals surface area contributed by atoms with Gasteiger partial charge in [-0.25, -0.2) is 0 Å². The number of ketones is 1. The molecule has 1 aliphatic rings. The van der Waals surface area contributed by atoms with Gasteiger partial charge in [-0.15, -0.1) is 11.3 Å². The SMILES string of the molecule is O=C1C(=O)N(c2ccccc2O)C(c2cccs2)/C1=C(/O)c1ccccc1. The molecular weight excluding hydrogens is 362 g/mol. The summed E-state index contributed by atoms with van der Waals surface area (Å²) < 4.78 is 0. The summed E-state index contributed by atoms with van der Waals surface area (Å²) in [5, 5.41) is 22.9. The lowest BCUT2D eigenvalue weighted by Gasteiger charge is -2.24. The maximum absolute atomic E-state index is 12.8. The van der Waals surface area contributed by atoms with Gasteiger partial charge in [0.05, 0.1) is 11.3 Å². The first kappa shape index (κ1) is 17.1. The highest BCUT2D eigenvalue weighted by Crippen LogP contribution is 2.45. The van der Waals surface area contributed by atoms with Crippen molar-refractivity contribution >= 4 is 34.5 Å². The van der Waals surface area contributed by atoms with Crippen LogP contribution in [0.25, 0.3) is 5.76 Å². The number of nitrogens with zero attached hydrogens (tertiary/aromatic N) is 1. The summed E-state index contributed by atoms with van der Waals surface area (Å²) >= 11 is 1.37. The molecule has 0 spiro atoms. The molecule has 6 heteroatoms. The Morgan fingerprint density at radius 2 is 1.63 bits per heavy atom. The van der Waals surface area contributed by atoms with Crippen molar-refractivity contribution < 1.29 is 19.8 Å². The van der Waals surface area contributed by atoms with E-state index in [1.165, 1.54) is 22.3 Å². The van der Waals surface area contributed by atoms with E-state index < -0.39 is 17.7 Å². The average molecular weight is 377 g/mol. The summed E-state index contributed by atoms with van der Waals surface area (Å²) in [7, 11) is 0. The summed E-state index contributed by atoms with van der Waals surface area (Å²) in [5.74, 6) is -1.91. The number of aliphatic hydroxyl groups excluding tert-OH is 1. The van der Waals surface area contributed by atoms with Crippen LogP contribution in [0.5, 0.6) is 5.75 Å². The van der Waals surface area contributed by atoms with Gasteiger partial charge in [-0.3, -0.25) is 14.5 Å². The standard InChI is InChI=1S/C21H15NO4S/c23-15-10-5-4-9-14(15)22-18(16-11-6-12-27-16)17(20(25)21(22)26)19(24)13-7-2-1-3-8-13/h1-12,18,23-24H/b19-17-. The molecule has 1 saturated heterocycles. The Bertz CT molecular complexity index is 1040. The van der Waals surface area contributed by atoms with Crippen LogP contribution in [0.2, 0.25) is 0 Å². The lowest BCUT2D eigenvalue weighted by atomic mass is 10.00. The van der Waals surface area contributed by atoms with Crippen molar-refractivity contribution in [2.75, 3.05) is 4.90 Å². The van der Waals surface area contributed by atoms with Crippen molar-refractivity contribution in [3.05, 3.63) is 88.1 Å². The molecule has 134 valence electrons. The van der Waals surface area contributed by atoms with Crippen LogP contribution in [0.15, 0.2) is 77.7 Å². The Labute approximate surface area is 159 Å². The van der Waals surface area contributed by atoms with Crippen molar-refractivity contribution in [3.8, 4) is 5.75 Å². The maximum Gasteiger partial charge on any atom is 0.300 e. The van der Waals surface area contributed by atoms with Gasteiger partial charge in [0.15, 0.2) is 0 Å².